The van der Waals surface area contributed by atoms with Crippen LogP contribution in [0.1, 0.15) is 82.3 Å². The SMILES string of the molecule is CCCCCCCc1c(C)nn(C(=O)c2ccc(NC(=O)c3cccc(C)c3)cc2)c1C. The summed E-state index contributed by atoms with van der Waals surface area (Å²) in [4.78, 5) is 25.5. The first-order valence-electron chi connectivity index (χ1n) is 11.5. The van der Waals surface area contributed by atoms with Crippen molar-refractivity contribution in [3.63, 3.8) is 0 Å². The number of aromatic nitrogens is 2. The molecule has 0 aliphatic heterocycles. The van der Waals surface area contributed by atoms with Crippen LogP contribution in [0.3, 0.4) is 0 Å². The normalized spacial score (nSPS) is 10.9. The van der Waals surface area contributed by atoms with Gasteiger partial charge >= 0.3 is 0 Å². The van der Waals surface area contributed by atoms with Gasteiger partial charge < -0.3 is 5.32 Å². The van der Waals surface area contributed by atoms with Gasteiger partial charge in [-0.05, 0) is 75.6 Å². The lowest BCUT2D eigenvalue weighted by Crippen LogP contribution is -2.16. The van der Waals surface area contributed by atoms with E-state index in [1.807, 2.05) is 39.0 Å². The van der Waals surface area contributed by atoms with Crippen molar-refractivity contribution >= 4 is 17.5 Å². The van der Waals surface area contributed by atoms with E-state index in [1.165, 1.54) is 35.9 Å². The predicted molar refractivity (Wildman–Crippen MR) is 129 cm³/mol. The number of carbonyl (C=O) groups is 2. The summed E-state index contributed by atoms with van der Waals surface area (Å²) >= 11 is 0. The molecule has 32 heavy (non-hydrogen) atoms. The molecule has 0 atom stereocenters. The maximum atomic E-state index is 13.1. The Labute approximate surface area is 190 Å². The summed E-state index contributed by atoms with van der Waals surface area (Å²) in [6, 6.07) is 14.4. The molecule has 0 spiro atoms. The smallest absolute Gasteiger partial charge is 0.278 e. The van der Waals surface area contributed by atoms with Crippen LogP contribution >= 0.6 is 0 Å². The summed E-state index contributed by atoms with van der Waals surface area (Å²) in [6.45, 7) is 8.11. The molecule has 0 saturated carbocycles. The Morgan fingerprint density at radius 2 is 1.62 bits per heavy atom. The number of rotatable bonds is 9. The fraction of sp³-hybridized carbons (Fsp3) is 0.370. The van der Waals surface area contributed by atoms with Crippen molar-refractivity contribution in [1.29, 1.82) is 0 Å². The Morgan fingerprint density at radius 1 is 0.906 bits per heavy atom. The van der Waals surface area contributed by atoms with E-state index in [4.69, 9.17) is 0 Å². The second kappa shape index (κ2) is 10.9. The van der Waals surface area contributed by atoms with E-state index in [2.05, 4.69) is 17.3 Å². The van der Waals surface area contributed by atoms with Crippen LogP contribution in [0.2, 0.25) is 0 Å². The number of anilines is 1. The highest BCUT2D eigenvalue weighted by Crippen LogP contribution is 2.19. The molecule has 0 unspecified atom stereocenters. The topological polar surface area (TPSA) is 64.0 Å². The van der Waals surface area contributed by atoms with Gasteiger partial charge in [0.05, 0.1) is 5.69 Å². The lowest BCUT2D eigenvalue weighted by molar-refractivity contribution is 0.0941. The standard InChI is InChI=1S/C27H33N3O2/c1-5-6-7-8-9-13-25-20(3)29-30(21(25)4)27(32)22-14-16-24(17-15-22)28-26(31)23-12-10-11-19(2)18-23/h10-12,14-18H,5-9,13H2,1-4H3,(H,28,31). The molecular weight excluding hydrogens is 398 g/mol. The zero-order valence-electron chi connectivity index (χ0n) is 19.6. The van der Waals surface area contributed by atoms with Crippen LogP contribution < -0.4 is 5.32 Å². The number of amides is 1. The molecule has 168 valence electrons. The van der Waals surface area contributed by atoms with Gasteiger partial charge in [0.1, 0.15) is 0 Å². The number of hydrogen-bond acceptors (Lipinski definition) is 3. The third-order valence-corrected chi connectivity index (χ3v) is 5.83. The summed E-state index contributed by atoms with van der Waals surface area (Å²) in [6.07, 6.45) is 7.06. The largest absolute Gasteiger partial charge is 0.322 e. The van der Waals surface area contributed by atoms with E-state index in [1.54, 1.807) is 30.3 Å². The number of nitrogens with one attached hydrogen (secondary N) is 1. The molecule has 0 saturated heterocycles. The number of hydrogen-bond donors (Lipinski definition) is 1. The third-order valence-electron chi connectivity index (χ3n) is 5.83. The second-order valence-electron chi connectivity index (χ2n) is 8.43. The van der Waals surface area contributed by atoms with E-state index < -0.39 is 0 Å². The first-order valence-corrected chi connectivity index (χ1v) is 11.5. The van der Waals surface area contributed by atoms with E-state index in [9.17, 15) is 9.59 Å². The molecule has 0 aliphatic rings. The Balaban J connectivity index is 1.66. The van der Waals surface area contributed by atoms with Crippen LogP contribution in [0.25, 0.3) is 0 Å². The number of nitrogens with zero attached hydrogens (tertiary/aromatic N) is 2. The van der Waals surface area contributed by atoms with Gasteiger partial charge in [-0.15, -0.1) is 0 Å². The Hall–Kier alpha value is -3.21. The summed E-state index contributed by atoms with van der Waals surface area (Å²) < 4.78 is 1.51. The highest BCUT2D eigenvalue weighted by molar-refractivity contribution is 6.04. The third kappa shape index (κ3) is 5.72. The first kappa shape index (κ1) is 23.5. The molecular formula is C27H33N3O2. The fourth-order valence-electron chi connectivity index (χ4n) is 3.95. The average molecular weight is 432 g/mol. The van der Waals surface area contributed by atoms with E-state index >= 15 is 0 Å². The minimum atomic E-state index is -0.171. The minimum Gasteiger partial charge on any atom is -0.322 e. The number of benzene rings is 2. The molecule has 1 N–H and O–H groups in total. The van der Waals surface area contributed by atoms with Crippen LogP contribution in [0, 0.1) is 20.8 Å². The monoisotopic (exact) mass is 431 g/mol. The van der Waals surface area contributed by atoms with E-state index in [-0.39, 0.29) is 11.8 Å². The lowest BCUT2D eigenvalue weighted by Gasteiger charge is -2.08. The molecule has 3 aromatic rings. The molecule has 0 bridgehead atoms. The Kier molecular flexibility index (Phi) is 7.98. The van der Waals surface area contributed by atoms with Crippen molar-refractivity contribution < 1.29 is 9.59 Å². The minimum absolute atomic E-state index is 0.153. The molecule has 5 heteroatoms. The maximum Gasteiger partial charge on any atom is 0.278 e. The van der Waals surface area contributed by atoms with Gasteiger partial charge in [-0.1, -0.05) is 50.3 Å². The highest BCUT2D eigenvalue weighted by atomic mass is 16.2. The van der Waals surface area contributed by atoms with Crippen molar-refractivity contribution in [3.05, 3.63) is 82.2 Å². The fourth-order valence-corrected chi connectivity index (χ4v) is 3.95. The molecule has 1 heterocycles. The molecule has 5 nitrogen and oxygen atoms in total. The zero-order valence-corrected chi connectivity index (χ0v) is 19.6. The molecule has 0 radical (unpaired) electrons. The van der Waals surface area contributed by atoms with Crippen LogP contribution in [-0.2, 0) is 6.42 Å². The first-order chi connectivity index (χ1) is 15.4. The van der Waals surface area contributed by atoms with Crippen molar-refractivity contribution in [2.24, 2.45) is 0 Å². The number of carbonyl (C=O) groups excluding carboxylic acids is 2. The van der Waals surface area contributed by atoms with Crippen LogP contribution in [0.15, 0.2) is 48.5 Å². The van der Waals surface area contributed by atoms with Gasteiger partial charge in [0, 0.05) is 22.5 Å². The zero-order chi connectivity index (χ0) is 23.1. The van der Waals surface area contributed by atoms with Crippen LogP contribution in [0.4, 0.5) is 5.69 Å². The average Bonchev–Trinajstić information content (AvgIpc) is 3.07. The Bertz CT molecular complexity index is 1080. The molecule has 2 aromatic carbocycles. The van der Waals surface area contributed by atoms with Gasteiger partial charge in [-0.3, -0.25) is 9.59 Å². The van der Waals surface area contributed by atoms with E-state index in [0.717, 1.165) is 29.8 Å². The van der Waals surface area contributed by atoms with Gasteiger partial charge in [-0.2, -0.15) is 5.10 Å². The molecule has 3 rings (SSSR count). The molecule has 1 aromatic heterocycles. The second-order valence-corrected chi connectivity index (χ2v) is 8.43. The van der Waals surface area contributed by atoms with Crippen molar-refractivity contribution in [2.75, 3.05) is 5.32 Å². The van der Waals surface area contributed by atoms with Gasteiger partial charge in [0.15, 0.2) is 0 Å². The maximum absolute atomic E-state index is 13.1. The van der Waals surface area contributed by atoms with Gasteiger partial charge in [-0.25, -0.2) is 4.68 Å². The summed E-state index contributed by atoms with van der Waals surface area (Å²) in [5.41, 5.74) is 5.84. The summed E-state index contributed by atoms with van der Waals surface area (Å²) in [7, 11) is 0. The van der Waals surface area contributed by atoms with Crippen LogP contribution in [0.5, 0.6) is 0 Å². The van der Waals surface area contributed by atoms with Gasteiger partial charge in [0.25, 0.3) is 11.8 Å². The van der Waals surface area contributed by atoms with Crippen molar-refractivity contribution in [2.45, 2.75) is 66.2 Å². The predicted octanol–water partition coefficient (Wildman–Crippen LogP) is 6.26. The van der Waals surface area contributed by atoms with Crippen molar-refractivity contribution in [1.82, 2.24) is 9.78 Å². The van der Waals surface area contributed by atoms with Crippen molar-refractivity contribution in [3.8, 4) is 0 Å². The highest BCUT2D eigenvalue weighted by Gasteiger charge is 2.18. The lowest BCUT2D eigenvalue weighted by atomic mass is 10.0. The molecule has 0 aliphatic carbocycles. The van der Waals surface area contributed by atoms with Crippen LogP contribution in [-0.4, -0.2) is 21.6 Å². The molecule has 0 fully saturated rings. The van der Waals surface area contributed by atoms with Gasteiger partial charge in [0.2, 0.25) is 0 Å². The Morgan fingerprint density at radius 3 is 2.31 bits per heavy atom. The number of aryl methyl sites for hydroxylation is 2. The summed E-state index contributed by atoms with van der Waals surface area (Å²) in [5, 5.41) is 7.40. The summed E-state index contributed by atoms with van der Waals surface area (Å²) in [5.74, 6) is -0.325. The van der Waals surface area contributed by atoms with E-state index in [0.29, 0.717) is 16.8 Å². The molecule has 1 amide bonds. The number of unbranched alkanes of at least 4 members (excludes halogenated alkanes) is 4. The quantitative estimate of drug-likeness (QED) is 0.407.